The Hall–Kier alpha value is -2.84. The van der Waals surface area contributed by atoms with E-state index in [4.69, 9.17) is 9.47 Å². The van der Waals surface area contributed by atoms with Gasteiger partial charge in [0.05, 0.1) is 12.7 Å². The largest absolute Gasteiger partial charge is 0.496 e. The molecule has 0 spiro atoms. The van der Waals surface area contributed by atoms with Gasteiger partial charge in [-0.3, -0.25) is 9.59 Å². The Morgan fingerprint density at radius 2 is 1.88 bits per heavy atom. The van der Waals surface area contributed by atoms with Crippen LogP contribution in [0.25, 0.3) is 0 Å². The van der Waals surface area contributed by atoms with Crippen LogP contribution in [0, 0.1) is 0 Å². The minimum absolute atomic E-state index is 0.00752. The molecule has 0 aliphatic heterocycles. The van der Waals surface area contributed by atoms with Crippen molar-refractivity contribution < 1.29 is 29.1 Å². The molecule has 0 bridgehead atoms. The zero-order chi connectivity index (χ0) is 19.1. The van der Waals surface area contributed by atoms with Gasteiger partial charge in [-0.2, -0.15) is 0 Å². The fourth-order valence-corrected chi connectivity index (χ4v) is 2.43. The van der Waals surface area contributed by atoms with Crippen LogP contribution < -0.4 is 20.3 Å². The molecule has 1 atom stereocenters. The summed E-state index contributed by atoms with van der Waals surface area (Å²) in [5.74, 6) is 0.377. The molecule has 3 N–H and O–H groups in total. The maximum atomic E-state index is 12.3. The van der Waals surface area contributed by atoms with E-state index in [1.54, 1.807) is 13.2 Å². The summed E-state index contributed by atoms with van der Waals surface area (Å²) < 4.78 is 10.8. The third-order valence-electron chi connectivity index (χ3n) is 3.81. The Labute approximate surface area is 151 Å². The second-order valence-electron chi connectivity index (χ2n) is 5.54. The van der Waals surface area contributed by atoms with Crippen molar-refractivity contribution in [1.29, 1.82) is 0 Å². The first kappa shape index (κ1) is 19.5. The van der Waals surface area contributed by atoms with Gasteiger partial charge in [-0.05, 0) is 24.5 Å². The third kappa shape index (κ3) is 4.62. The molecule has 2 aromatic rings. The van der Waals surface area contributed by atoms with Crippen LogP contribution in [0.5, 0.6) is 11.5 Å². The van der Waals surface area contributed by atoms with E-state index in [1.165, 1.54) is 25.1 Å². The molecular formula is C18H20BNO6. The number of rotatable bonds is 8. The summed E-state index contributed by atoms with van der Waals surface area (Å²) >= 11 is 0. The van der Waals surface area contributed by atoms with Crippen molar-refractivity contribution in [2.24, 2.45) is 0 Å². The first-order valence-electron chi connectivity index (χ1n) is 7.98. The van der Waals surface area contributed by atoms with E-state index in [-0.39, 0.29) is 29.2 Å². The second kappa shape index (κ2) is 9.03. The lowest BCUT2D eigenvalue weighted by molar-refractivity contribution is -0.127. The van der Waals surface area contributed by atoms with Gasteiger partial charge >= 0.3 is 7.12 Å². The van der Waals surface area contributed by atoms with Gasteiger partial charge in [-0.25, -0.2) is 0 Å². The molecule has 0 saturated carbocycles. The van der Waals surface area contributed by atoms with Crippen LogP contribution in [0.2, 0.25) is 0 Å². The number of methoxy groups -OCH3 is 1. The Bertz CT molecular complexity index is 780. The van der Waals surface area contributed by atoms with Crippen molar-refractivity contribution in [3.63, 3.8) is 0 Å². The molecule has 0 saturated heterocycles. The van der Waals surface area contributed by atoms with Crippen LogP contribution in [0.4, 0.5) is 0 Å². The lowest BCUT2D eigenvalue weighted by Crippen LogP contribution is -2.37. The van der Waals surface area contributed by atoms with E-state index in [0.717, 1.165) is 5.56 Å². The van der Waals surface area contributed by atoms with Crippen molar-refractivity contribution in [3.05, 3.63) is 53.6 Å². The summed E-state index contributed by atoms with van der Waals surface area (Å²) in [6.07, 6.45) is -0.432. The average molecular weight is 357 g/mol. The molecule has 0 aliphatic carbocycles. The molecule has 0 radical (unpaired) electrons. The highest BCUT2D eigenvalue weighted by atomic mass is 16.5. The molecule has 0 heterocycles. The topological polar surface area (TPSA) is 105 Å². The van der Waals surface area contributed by atoms with Crippen molar-refractivity contribution in [2.75, 3.05) is 7.11 Å². The van der Waals surface area contributed by atoms with Crippen LogP contribution in [0.1, 0.15) is 22.8 Å². The molecule has 7 nitrogen and oxygen atoms in total. The third-order valence-corrected chi connectivity index (χ3v) is 3.81. The quantitative estimate of drug-likeness (QED) is 0.463. The Morgan fingerprint density at radius 1 is 1.19 bits per heavy atom. The molecule has 2 rings (SSSR count). The van der Waals surface area contributed by atoms with Crippen LogP contribution in [0.3, 0.4) is 0 Å². The van der Waals surface area contributed by atoms with E-state index >= 15 is 0 Å². The van der Waals surface area contributed by atoms with Gasteiger partial charge in [0.25, 0.3) is 5.91 Å². The molecular weight excluding hydrogens is 337 g/mol. The van der Waals surface area contributed by atoms with E-state index in [0.29, 0.717) is 12.0 Å². The number of aldehydes is 1. The van der Waals surface area contributed by atoms with Gasteiger partial charge in [-0.15, -0.1) is 0 Å². The van der Waals surface area contributed by atoms with Crippen LogP contribution in [0.15, 0.2) is 42.5 Å². The van der Waals surface area contributed by atoms with Crippen molar-refractivity contribution in [1.82, 2.24) is 5.32 Å². The van der Waals surface area contributed by atoms with Crippen molar-refractivity contribution in [3.8, 4) is 11.5 Å². The monoisotopic (exact) mass is 357 g/mol. The van der Waals surface area contributed by atoms with Gasteiger partial charge in [0, 0.05) is 12.1 Å². The molecule has 8 heteroatoms. The predicted molar refractivity (Wildman–Crippen MR) is 96.6 cm³/mol. The Balaban J connectivity index is 2.05. The smallest absolute Gasteiger partial charge is 0.489 e. The van der Waals surface area contributed by atoms with E-state index in [1.807, 2.05) is 18.2 Å². The Morgan fingerprint density at radius 3 is 2.54 bits per heavy atom. The number of ether oxygens (including phenoxy) is 2. The molecule has 26 heavy (non-hydrogen) atoms. The number of nitrogens with one attached hydrogen (secondary N) is 1. The van der Waals surface area contributed by atoms with Crippen molar-refractivity contribution >= 4 is 24.8 Å². The number of carbonyl (C=O) groups excluding carboxylic acids is 2. The number of hydrogen-bond acceptors (Lipinski definition) is 6. The maximum absolute atomic E-state index is 12.3. The first-order chi connectivity index (χ1) is 12.5. The standard InChI is InChI=1S/C18H20BNO6/c1-12(18(22)20-10-13-6-3-4-8-16(13)25-2)26-17-9-5-7-15(19(23)24)14(17)11-21/h3-9,11-12,23-24H,10H2,1-2H3,(H,20,22). The molecule has 136 valence electrons. The highest BCUT2D eigenvalue weighted by molar-refractivity contribution is 6.60. The zero-order valence-corrected chi connectivity index (χ0v) is 14.5. The summed E-state index contributed by atoms with van der Waals surface area (Å²) in [5, 5.41) is 21.4. The SMILES string of the molecule is COc1ccccc1CNC(=O)C(C)Oc1cccc(B(O)O)c1C=O. The number of hydrogen-bond donors (Lipinski definition) is 3. The van der Waals surface area contributed by atoms with Gasteiger partial charge in [0.1, 0.15) is 11.5 Å². The normalized spacial score (nSPS) is 11.4. The summed E-state index contributed by atoms with van der Waals surface area (Å²) in [4.78, 5) is 23.5. The van der Waals surface area contributed by atoms with E-state index in [9.17, 15) is 19.6 Å². The van der Waals surface area contributed by atoms with E-state index < -0.39 is 13.2 Å². The zero-order valence-electron chi connectivity index (χ0n) is 14.5. The molecule has 2 aromatic carbocycles. The Kier molecular flexibility index (Phi) is 6.77. The number of benzene rings is 2. The molecule has 0 aliphatic rings. The molecule has 1 amide bonds. The summed E-state index contributed by atoms with van der Waals surface area (Å²) in [5.41, 5.74) is 0.820. The number of para-hydroxylation sites is 1. The predicted octanol–water partition coefficient (Wildman–Crippen LogP) is 0.271. The fraction of sp³-hybridized carbons (Fsp3) is 0.222. The number of amides is 1. The second-order valence-corrected chi connectivity index (χ2v) is 5.54. The lowest BCUT2D eigenvalue weighted by atomic mass is 9.77. The summed E-state index contributed by atoms with van der Waals surface area (Å²) in [7, 11) is -0.260. The van der Waals surface area contributed by atoms with Crippen LogP contribution in [-0.4, -0.2) is 42.6 Å². The molecule has 1 unspecified atom stereocenters. The highest BCUT2D eigenvalue weighted by Gasteiger charge is 2.22. The van der Waals surface area contributed by atoms with Gasteiger partial charge < -0.3 is 24.8 Å². The average Bonchev–Trinajstić information content (AvgIpc) is 2.65. The maximum Gasteiger partial charge on any atom is 0.489 e. The minimum atomic E-state index is -1.81. The summed E-state index contributed by atoms with van der Waals surface area (Å²) in [6, 6.07) is 11.7. The van der Waals surface area contributed by atoms with E-state index in [2.05, 4.69) is 5.32 Å². The highest BCUT2D eigenvalue weighted by Crippen LogP contribution is 2.18. The fourth-order valence-electron chi connectivity index (χ4n) is 2.43. The molecule has 0 aromatic heterocycles. The summed E-state index contributed by atoms with van der Waals surface area (Å²) in [6.45, 7) is 1.79. The first-order valence-corrected chi connectivity index (χ1v) is 7.98. The van der Waals surface area contributed by atoms with Gasteiger partial charge in [-0.1, -0.05) is 30.3 Å². The minimum Gasteiger partial charge on any atom is -0.496 e. The molecule has 0 fully saturated rings. The van der Waals surface area contributed by atoms with Crippen molar-refractivity contribution in [2.45, 2.75) is 19.6 Å². The van der Waals surface area contributed by atoms with Gasteiger partial charge in [0.15, 0.2) is 12.4 Å². The van der Waals surface area contributed by atoms with Crippen LogP contribution in [-0.2, 0) is 11.3 Å². The number of carbonyl (C=O) groups is 2. The van der Waals surface area contributed by atoms with Crippen LogP contribution >= 0.6 is 0 Å². The lowest BCUT2D eigenvalue weighted by Gasteiger charge is -2.17. The van der Waals surface area contributed by atoms with Gasteiger partial charge in [0.2, 0.25) is 0 Å².